The minimum atomic E-state index is -4.49. The lowest BCUT2D eigenvalue weighted by atomic mass is 9.97. The van der Waals surface area contributed by atoms with Crippen LogP contribution in [0.15, 0.2) is 42.5 Å². The molecule has 0 bridgehead atoms. The van der Waals surface area contributed by atoms with Gasteiger partial charge in [0.15, 0.2) is 11.5 Å². The van der Waals surface area contributed by atoms with Crippen molar-refractivity contribution < 1.29 is 32.6 Å². The topological polar surface area (TPSA) is 100 Å². The minimum Gasteiger partial charge on any atom is -0.504 e. The maximum atomic E-state index is 12.9. The second-order valence-corrected chi connectivity index (χ2v) is 6.80. The molecule has 1 aromatic heterocycles. The molecule has 6 nitrogen and oxygen atoms in total. The third-order valence-electron chi connectivity index (χ3n) is 4.75. The molecule has 0 spiro atoms. The molecule has 32 heavy (non-hydrogen) atoms. The van der Waals surface area contributed by atoms with Crippen LogP contribution in [-0.4, -0.2) is 28.4 Å². The molecule has 164 valence electrons. The Bertz CT molecular complexity index is 1230. The van der Waals surface area contributed by atoms with E-state index in [1.165, 1.54) is 18.2 Å². The summed E-state index contributed by atoms with van der Waals surface area (Å²) in [6, 6.07) is 10.9. The number of esters is 1. The Kier molecular flexibility index (Phi) is 6.44. The van der Waals surface area contributed by atoms with E-state index in [9.17, 15) is 33.1 Å². The van der Waals surface area contributed by atoms with Crippen LogP contribution in [0.2, 0.25) is 0 Å². The van der Waals surface area contributed by atoms with Crippen molar-refractivity contribution in [3.63, 3.8) is 0 Å². The van der Waals surface area contributed by atoms with Crippen molar-refractivity contribution in [1.29, 1.82) is 5.26 Å². The van der Waals surface area contributed by atoms with Crippen LogP contribution in [-0.2, 0) is 15.7 Å². The van der Waals surface area contributed by atoms with Crippen LogP contribution in [0.5, 0.6) is 5.75 Å². The number of hydrogen-bond acceptors (Lipinski definition) is 6. The molecule has 1 heterocycles. The molecule has 0 fully saturated rings. The van der Waals surface area contributed by atoms with Gasteiger partial charge < -0.3 is 9.84 Å². The summed E-state index contributed by atoms with van der Waals surface area (Å²) in [7, 11) is 0. The molecule has 2 aromatic carbocycles. The Labute approximate surface area is 180 Å². The third kappa shape index (κ3) is 4.54. The van der Waals surface area contributed by atoms with E-state index < -0.39 is 34.9 Å². The number of halogens is 3. The second kappa shape index (κ2) is 9.06. The van der Waals surface area contributed by atoms with Crippen molar-refractivity contribution in [3.8, 4) is 22.9 Å². The highest BCUT2D eigenvalue weighted by Gasteiger charge is 2.30. The first-order valence-corrected chi connectivity index (χ1v) is 9.59. The van der Waals surface area contributed by atoms with E-state index in [-0.39, 0.29) is 35.9 Å². The molecule has 0 saturated heterocycles. The van der Waals surface area contributed by atoms with Crippen LogP contribution in [0.25, 0.3) is 22.0 Å². The number of aromatic nitrogens is 1. The number of alkyl halides is 3. The van der Waals surface area contributed by atoms with Gasteiger partial charge >= 0.3 is 12.1 Å². The zero-order valence-corrected chi connectivity index (χ0v) is 16.9. The number of aromatic hydroxyl groups is 1. The summed E-state index contributed by atoms with van der Waals surface area (Å²) in [5.41, 5.74) is -0.468. The van der Waals surface area contributed by atoms with Crippen molar-refractivity contribution in [3.05, 3.63) is 59.3 Å². The first kappa shape index (κ1) is 22.7. The van der Waals surface area contributed by atoms with E-state index >= 15 is 0 Å². The van der Waals surface area contributed by atoms with Crippen molar-refractivity contribution in [2.45, 2.75) is 25.9 Å². The SMILES string of the molecule is CCOC(=O)CCC(=O)c1nc2c(-c3ccc(C(F)(F)F)cc3)cccc2c(C#N)c1O. The van der Waals surface area contributed by atoms with Crippen LogP contribution in [0, 0.1) is 11.3 Å². The fourth-order valence-corrected chi connectivity index (χ4v) is 3.22. The van der Waals surface area contributed by atoms with Crippen LogP contribution < -0.4 is 0 Å². The van der Waals surface area contributed by atoms with Gasteiger partial charge in [0.2, 0.25) is 0 Å². The zero-order valence-electron chi connectivity index (χ0n) is 16.9. The van der Waals surface area contributed by atoms with Gasteiger partial charge in [-0.15, -0.1) is 0 Å². The first-order chi connectivity index (χ1) is 15.2. The number of para-hydroxylation sites is 1. The van der Waals surface area contributed by atoms with E-state index in [1.807, 2.05) is 6.07 Å². The number of Topliss-reactive ketones (excluding diaryl/α,β-unsaturated/α-hetero) is 1. The molecule has 0 aliphatic heterocycles. The molecular formula is C23H17F3N2O4. The Morgan fingerprint density at radius 2 is 1.81 bits per heavy atom. The van der Waals surface area contributed by atoms with E-state index in [2.05, 4.69) is 4.98 Å². The molecule has 0 amide bonds. The number of carbonyl (C=O) groups is 2. The van der Waals surface area contributed by atoms with Crippen molar-refractivity contribution in [2.24, 2.45) is 0 Å². The molecule has 9 heteroatoms. The average molecular weight is 442 g/mol. The third-order valence-corrected chi connectivity index (χ3v) is 4.75. The fourth-order valence-electron chi connectivity index (χ4n) is 3.22. The molecule has 0 atom stereocenters. The highest BCUT2D eigenvalue weighted by atomic mass is 19.4. The number of benzene rings is 2. The summed E-state index contributed by atoms with van der Waals surface area (Å²) in [5.74, 6) is -1.87. The van der Waals surface area contributed by atoms with Gasteiger partial charge in [0.25, 0.3) is 0 Å². The predicted molar refractivity (Wildman–Crippen MR) is 109 cm³/mol. The highest BCUT2D eigenvalue weighted by molar-refractivity contribution is 6.05. The number of nitrogens with zero attached hydrogens (tertiary/aromatic N) is 2. The number of ether oxygens (including phenoxy) is 1. The molecule has 0 radical (unpaired) electrons. The quantitative estimate of drug-likeness (QED) is 0.425. The van der Waals surface area contributed by atoms with Gasteiger partial charge in [-0.25, -0.2) is 4.98 Å². The van der Waals surface area contributed by atoms with E-state index in [1.54, 1.807) is 19.1 Å². The van der Waals surface area contributed by atoms with Gasteiger partial charge in [0.05, 0.1) is 24.1 Å². The number of nitriles is 1. The fraction of sp³-hybridized carbons (Fsp3) is 0.217. The summed E-state index contributed by atoms with van der Waals surface area (Å²) in [5, 5.41) is 20.3. The number of carbonyl (C=O) groups excluding carboxylic acids is 2. The monoisotopic (exact) mass is 442 g/mol. The second-order valence-electron chi connectivity index (χ2n) is 6.80. The zero-order chi connectivity index (χ0) is 23.5. The lowest BCUT2D eigenvalue weighted by Crippen LogP contribution is -2.10. The molecule has 0 aliphatic carbocycles. The molecule has 1 N–H and O–H groups in total. The van der Waals surface area contributed by atoms with Crippen molar-refractivity contribution >= 4 is 22.7 Å². The lowest BCUT2D eigenvalue weighted by Gasteiger charge is -2.12. The molecule has 3 rings (SSSR count). The van der Waals surface area contributed by atoms with E-state index in [0.29, 0.717) is 11.1 Å². The van der Waals surface area contributed by atoms with Crippen LogP contribution in [0.1, 0.15) is 41.4 Å². The van der Waals surface area contributed by atoms with Crippen molar-refractivity contribution in [1.82, 2.24) is 4.98 Å². The standard InChI is InChI=1S/C23H17F3N2O4/c1-2-32-19(30)11-10-18(29)21-22(31)17(12-27)16-5-3-4-15(20(16)28-21)13-6-8-14(9-7-13)23(24,25)26/h3-9,31H,2,10-11H2,1H3. The van der Waals surface area contributed by atoms with Crippen LogP contribution in [0.3, 0.4) is 0 Å². The molecule has 0 saturated carbocycles. The number of rotatable bonds is 6. The van der Waals surface area contributed by atoms with Gasteiger partial charge in [-0.05, 0) is 24.6 Å². The Morgan fingerprint density at radius 3 is 2.41 bits per heavy atom. The Morgan fingerprint density at radius 1 is 1.12 bits per heavy atom. The average Bonchev–Trinajstić information content (AvgIpc) is 2.76. The smallest absolute Gasteiger partial charge is 0.416 e. The first-order valence-electron chi connectivity index (χ1n) is 9.59. The summed E-state index contributed by atoms with van der Waals surface area (Å²) < 4.78 is 43.5. The molecule has 0 unspecified atom stereocenters. The lowest BCUT2D eigenvalue weighted by molar-refractivity contribution is -0.143. The van der Waals surface area contributed by atoms with Crippen LogP contribution >= 0.6 is 0 Å². The van der Waals surface area contributed by atoms with Gasteiger partial charge in [-0.1, -0.05) is 30.3 Å². The normalized spacial score (nSPS) is 11.2. The predicted octanol–water partition coefficient (Wildman–Crippen LogP) is 5.02. The summed E-state index contributed by atoms with van der Waals surface area (Å²) >= 11 is 0. The maximum Gasteiger partial charge on any atom is 0.416 e. The van der Waals surface area contributed by atoms with Gasteiger partial charge in [0, 0.05) is 17.4 Å². The Hall–Kier alpha value is -3.93. The largest absolute Gasteiger partial charge is 0.504 e. The highest BCUT2D eigenvalue weighted by Crippen LogP contribution is 2.36. The van der Waals surface area contributed by atoms with E-state index in [0.717, 1.165) is 12.1 Å². The van der Waals surface area contributed by atoms with Crippen molar-refractivity contribution in [2.75, 3.05) is 6.61 Å². The summed E-state index contributed by atoms with van der Waals surface area (Å²) in [4.78, 5) is 28.4. The summed E-state index contributed by atoms with van der Waals surface area (Å²) in [6.07, 6.45) is -5.01. The van der Waals surface area contributed by atoms with E-state index in [4.69, 9.17) is 4.74 Å². The Balaban J connectivity index is 2.11. The molecule has 3 aromatic rings. The maximum absolute atomic E-state index is 12.9. The van der Waals surface area contributed by atoms with Gasteiger partial charge in [-0.2, -0.15) is 18.4 Å². The number of pyridine rings is 1. The molecule has 0 aliphatic rings. The summed E-state index contributed by atoms with van der Waals surface area (Å²) in [6.45, 7) is 1.78. The number of ketones is 1. The number of hydrogen-bond donors (Lipinski definition) is 1. The number of fused-ring (bicyclic) bond motifs is 1. The van der Waals surface area contributed by atoms with Gasteiger partial charge in [0.1, 0.15) is 17.3 Å². The minimum absolute atomic E-state index is 0.154. The molecular weight excluding hydrogens is 425 g/mol. The van der Waals surface area contributed by atoms with Gasteiger partial charge in [-0.3, -0.25) is 9.59 Å². The van der Waals surface area contributed by atoms with Crippen LogP contribution in [0.4, 0.5) is 13.2 Å².